The van der Waals surface area contributed by atoms with E-state index in [1.165, 1.54) is 0 Å². The Hall–Kier alpha value is -1.31. The van der Waals surface area contributed by atoms with E-state index in [1.807, 2.05) is 18.4 Å². The highest BCUT2D eigenvalue weighted by Gasteiger charge is 2.38. The molecule has 2 atom stereocenters. The summed E-state index contributed by atoms with van der Waals surface area (Å²) in [4.78, 5) is 13.7. The number of carbonyl (C=O) groups is 1. The van der Waals surface area contributed by atoms with Gasteiger partial charge in [0.05, 0.1) is 0 Å². The number of hydrogen-bond donors (Lipinski definition) is 0. The molecule has 1 heterocycles. The van der Waals surface area contributed by atoms with E-state index in [0.29, 0.717) is 0 Å². The molecule has 0 aliphatic carbocycles. The maximum absolute atomic E-state index is 12.1. The summed E-state index contributed by atoms with van der Waals surface area (Å²) >= 11 is 0. The molecule has 1 amide bonds. The van der Waals surface area contributed by atoms with Crippen LogP contribution < -0.4 is 0 Å². The van der Waals surface area contributed by atoms with E-state index >= 15 is 0 Å². The minimum Gasteiger partial charge on any atom is -0.322 e. The molecule has 0 N–H and O–H groups in total. The Morgan fingerprint density at radius 2 is 2.12 bits per heavy atom. The molecule has 0 aromatic rings. The Kier molecular flexibility index (Phi) is 3.74. The van der Waals surface area contributed by atoms with Gasteiger partial charge < -0.3 is 4.90 Å². The van der Waals surface area contributed by atoms with Crippen molar-refractivity contribution >= 4 is 5.91 Å². The lowest BCUT2D eigenvalue weighted by atomic mass is 9.69. The fourth-order valence-electron chi connectivity index (χ4n) is 2.17. The molecule has 0 saturated carbocycles. The zero-order valence-corrected chi connectivity index (χ0v) is 10.4. The molecule has 0 aromatic heterocycles. The fraction of sp³-hybridized carbons (Fsp3) is 0.500. The van der Waals surface area contributed by atoms with Gasteiger partial charge in [-0.05, 0) is 17.8 Å². The van der Waals surface area contributed by atoms with E-state index in [2.05, 4.69) is 33.1 Å². The van der Waals surface area contributed by atoms with Crippen molar-refractivity contribution in [3.63, 3.8) is 0 Å². The molecule has 88 valence electrons. The molecule has 1 rings (SSSR count). The van der Waals surface area contributed by atoms with E-state index in [-0.39, 0.29) is 23.2 Å². The van der Waals surface area contributed by atoms with Crippen molar-refractivity contribution in [2.75, 3.05) is 7.05 Å². The summed E-state index contributed by atoms with van der Waals surface area (Å²) in [5.41, 5.74) is -0.0684. The Bertz CT molecular complexity index is 328. The van der Waals surface area contributed by atoms with Gasteiger partial charge in [0.2, 0.25) is 5.91 Å². The number of nitrogens with zero attached hydrogens (tertiary/aromatic N) is 1. The average Bonchev–Trinajstić information content (AvgIpc) is 2.25. The first-order chi connectivity index (χ1) is 7.44. The molecular weight excluding hydrogens is 198 g/mol. The smallest absolute Gasteiger partial charge is 0.230 e. The molecule has 0 bridgehead atoms. The van der Waals surface area contributed by atoms with Gasteiger partial charge in [-0.2, -0.15) is 0 Å². The third kappa shape index (κ3) is 2.26. The number of hydrogen-bond acceptors (Lipinski definition) is 1. The monoisotopic (exact) mass is 219 g/mol. The topological polar surface area (TPSA) is 20.3 Å². The quantitative estimate of drug-likeness (QED) is 0.666. The Morgan fingerprint density at radius 1 is 1.50 bits per heavy atom. The van der Waals surface area contributed by atoms with Crippen molar-refractivity contribution in [1.29, 1.82) is 0 Å². The second-order valence-corrected chi connectivity index (χ2v) is 4.97. The standard InChI is InChI=1S/C14H21NO/c1-6-8-11-12(14(3,4)7-2)9-10-15(5)13(11)16/h6-7,9-12H,1-2,8H2,3-5H3/t11-,12+/m1/s1. The van der Waals surface area contributed by atoms with E-state index < -0.39 is 0 Å². The van der Waals surface area contributed by atoms with Crippen molar-refractivity contribution < 1.29 is 4.79 Å². The zero-order chi connectivity index (χ0) is 12.3. The molecule has 0 unspecified atom stereocenters. The summed E-state index contributed by atoms with van der Waals surface area (Å²) in [7, 11) is 1.80. The van der Waals surface area contributed by atoms with Crippen LogP contribution >= 0.6 is 0 Å². The Labute approximate surface area is 98.3 Å². The van der Waals surface area contributed by atoms with Crippen LogP contribution in [0.25, 0.3) is 0 Å². The zero-order valence-electron chi connectivity index (χ0n) is 10.4. The largest absolute Gasteiger partial charge is 0.322 e. The van der Waals surface area contributed by atoms with Crippen LogP contribution in [0.15, 0.2) is 37.6 Å². The minimum atomic E-state index is -0.0684. The molecule has 1 aliphatic rings. The van der Waals surface area contributed by atoms with Gasteiger partial charge in [-0.1, -0.05) is 32.1 Å². The molecule has 0 saturated heterocycles. The van der Waals surface area contributed by atoms with Crippen LogP contribution in [-0.2, 0) is 4.79 Å². The van der Waals surface area contributed by atoms with Gasteiger partial charge in [-0.3, -0.25) is 4.79 Å². The molecule has 2 nitrogen and oxygen atoms in total. The lowest BCUT2D eigenvalue weighted by Crippen LogP contribution is -2.41. The van der Waals surface area contributed by atoms with E-state index in [1.54, 1.807) is 11.9 Å². The second kappa shape index (κ2) is 4.69. The number of carbonyl (C=O) groups excluding carboxylic acids is 1. The van der Waals surface area contributed by atoms with Crippen molar-refractivity contribution in [3.05, 3.63) is 37.6 Å². The Balaban J connectivity index is 3.06. The van der Waals surface area contributed by atoms with Gasteiger partial charge in [-0.25, -0.2) is 0 Å². The molecule has 0 radical (unpaired) electrons. The average molecular weight is 219 g/mol. The van der Waals surface area contributed by atoms with Crippen molar-refractivity contribution in [2.45, 2.75) is 20.3 Å². The first kappa shape index (κ1) is 12.8. The van der Waals surface area contributed by atoms with Gasteiger partial charge in [0, 0.05) is 19.2 Å². The molecule has 2 heteroatoms. The predicted octanol–water partition coefficient (Wildman–Crippen LogP) is 2.99. The van der Waals surface area contributed by atoms with Crippen molar-refractivity contribution in [2.24, 2.45) is 17.3 Å². The maximum Gasteiger partial charge on any atom is 0.230 e. The first-order valence-electron chi connectivity index (χ1n) is 5.63. The van der Waals surface area contributed by atoms with Gasteiger partial charge in [0.1, 0.15) is 0 Å². The Morgan fingerprint density at radius 3 is 2.62 bits per heavy atom. The van der Waals surface area contributed by atoms with Gasteiger partial charge in [-0.15, -0.1) is 13.2 Å². The van der Waals surface area contributed by atoms with Crippen LogP contribution in [0.2, 0.25) is 0 Å². The summed E-state index contributed by atoms with van der Waals surface area (Å²) < 4.78 is 0. The van der Waals surface area contributed by atoms with Gasteiger partial charge in [0.15, 0.2) is 0 Å². The summed E-state index contributed by atoms with van der Waals surface area (Å²) in [6.07, 6.45) is 8.43. The van der Waals surface area contributed by atoms with Gasteiger partial charge >= 0.3 is 0 Å². The molecular formula is C14H21NO. The molecule has 0 fully saturated rings. The highest BCUT2D eigenvalue weighted by Crippen LogP contribution is 2.39. The SMILES string of the molecule is C=CC[C@H]1C(=O)N(C)C=C[C@@H]1C(C)(C)C=C. The van der Waals surface area contributed by atoms with Crippen molar-refractivity contribution in [1.82, 2.24) is 4.90 Å². The lowest BCUT2D eigenvalue weighted by Gasteiger charge is -2.39. The summed E-state index contributed by atoms with van der Waals surface area (Å²) in [6.45, 7) is 11.8. The van der Waals surface area contributed by atoms with E-state index in [4.69, 9.17) is 0 Å². The number of allylic oxidation sites excluding steroid dienone is 3. The van der Waals surface area contributed by atoms with E-state index in [9.17, 15) is 4.79 Å². The third-order valence-electron chi connectivity index (χ3n) is 3.42. The first-order valence-corrected chi connectivity index (χ1v) is 5.63. The van der Waals surface area contributed by atoms with E-state index in [0.717, 1.165) is 6.42 Å². The van der Waals surface area contributed by atoms with Crippen LogP contribution in [0.3, 0.4) is 0 Å². The molecule has 0 aromatic carbocycles. The van der Waals surface area contributed by atoms with Crippen LogP contribution in [0.1, 0.15) is 20.3 Å². The van der Waals surface area contributed by atoms with Crippen molar-refractivity contribution in [3.8, 4) is 0 Å². The van der Waals surface area contributed by atoms with Crippen LogP contribution in [-0.4, -0.2) is 17.9 Å². The molecule has 16 heavy (non-hydrogen) atoms. The summed E-state index contributed by atoms with van der Waals surface area (Å²) in [5.74, 6) is 0.356. The highest BCUT2D eigenvalue weighted by atomic mass is 16.2. The van der Waals surface area contributed by atoms with Crippen LogP contribution in [0.4, 0.5) is 0 Å². The normalized spacial score (nSPS) is 25.7. The minimum absolute atomic E-state index is 0.0134. The maximum atomic E-state index is 12.1. The lowest BCUT2D eigenvalue weighted by molar-refractivity contribution is -0.135. The second-order valence-electron chi connectivity index (χ2n) is 4.97. The predicted molar refractivity (Wildman–Crippen MR) is 67.7 cm³/mol. The highest BCUT2D eigenvalue weighted by molar-refractivity contribution is 5.81. The fourth-order valence-corrected chi connectivity index (χ4v) is 2.17. The number of amides is 1. The molecule has 0 spiro atoms. The summed E-state index contributed by atoms with van der Waals surface area (Å²) in [5, 5.41) is 0. The summed E-state index contributed by atoms with van der Waals surface area (Å²) in [6, 6.07) is 0. The molecule has 1 aliphatic heterocycles. The van der Waals surface area contributed by atoms with Crippen LogP contribution in [0.5, 0.6) is 0 Å². The van der Waals surface area contributed by atoms with Crippen LogP contribution in [0, 0.1) is 17.3 Å². The third-order valence-corrected chi connectivity index (χ3v) is 3.42. The number of rotatable bonds is 4. The van der Waals surface area contributed by atoms with Gasteiger partial charge in [0.25, 0.3) is 0 Å².